The molecule has 1 saturated heterocycles. The number of hydrogen-bond acceptors (Lipinski definition) is 4. The highest BCUT2D eigenvalue weighted by Crippen LogP contribution is 2.21. The molecule has 15 heavy (non-hydrogen) atoms. The largest absolute Gasteiger partial charge is 0.477 e. The summed E-state index contributed by atoms with van der Waals surface area (Å²) in [6.07, 6.45) is 2.47. The summed E-state index contributed by atoms with van der Waals surface area (Å²) >= 11 is 5.85. The van der Waals surface area contributed by atoms with Crippen molar-refractivity contribution in [2.24, 2.45) is 5.92 Å². The molecule has 0 amide bonds. The van der Waals surface area contributed by atoms with Gasteiger partial charge < -0.3 is 9.47 Å². The van der Waals surface area contributed by atoms with Gasteiger partial charge in [0.05, 0.1) is 13.2 Å². The van der Waals surface area contributed by atoms with Crippen LogP contribution < -0.4 is 4.74 Å². The molecule has 0 N–H and O–H groups in total. The van der Waals surface area contributed by atoms with E-state index in [1.54, 1.807) is 0 Å². The maximum Gasteiger partial charge on any atom is 0.220 e. The van der Waals surface area contributed by atoms with Crippen molar-refractivity contribution in [2.45, 2.75) is 13.3 Å². The monoisotopic (exact) mass is 228 g/mol. The minimum Gasteiger partial charge on any atom is -0.477 e. The van der Waals surface area contributed by atoms with Crippen LogP contribution in [0.3, 0.4) is 0 Å². The predicted molar refractivity (Wildman–Crippen MR) is 56.2 cm³/mol. The molecule has 4 nitrogen and oxygen atoms in total. The van der Waals surface area contributed by atoms with E-state index in [9.17, 15) is 0 Å². The van der Waals surface area contributed by atoms with E-state index in [0.717, 1.165) is 25.2 Å². The first-order valence-corrected chi connectivity index (χ1v) is 5.33. The predicted octanol–water partition coefficient (Wildman–Crippen LogP) is 1.85. The minimum atomic E-state index is 0.447. The van der Waals surface area contributed by atoms with E-state index in [1.165, 1.54) is 6.33 Å². The van der Waals surface area contributed by atoms with Crippen molar-refractivity contribution in [3.05, 3.63) is 17.0 Å². The van der Waals surface area contributed by atoms with Gasteiger partial charge in [0.2, 0.25) is 5.88 Å². The zero-order chi connectivity index (χ0) is 10.7. The second kappa shape index (κ2) is 4.77. The molecule has 1 aromatic rings. The number of aromatic nitrogens is 2. The Balaban J connectivity index is 1.95. The van der Waals surface area contributed by atoms with Crippen molar-refractivity contribution in [2.75, 3.05) is 19.8 Å². The van der Waals surface area contributed by atoms with Crippen LogP contribution in [0.5, 0.6) is 5.88 Å². The summed E-state index contributed by atoms with van der Waals surface area (Å²) in [6, 6.07) is 0. The van der Waals surface area contributed by atoms with Crippen LogP contribution in [0.25, 0.3) is 0 Å². The highest BCUT2D eigenvalue weighted by Gasteiger charge is 2.17. The second-order valence-corrected chi connectivity index (χ2v) is 3.99. The Hall–Kier alpha value is -0.870. The van der Waals surface area contributed by atoms with E-state index in [2.05, 4.69) is 9.97 Å². The number of ether oxygens (including phenoxy) is 2. The van der Waals surface area contributed by atoms with Crippen LogP contribution in [0.1, 0.15) is 12.0 Å². The Bertz CT molecular complexity index is 340. The van der Waals surface area contributed by atoms with Gasteiger partial charge in [-0.2, -0.15) is 0 Å². The summed E-state index contributed by atoms with van der Waals surface area (Å²) in [5.41, 5.74) is 0.790. The molecule has 0 aliphatic carbocycles. The van der Waals surface area contributed by atoms with Gasteiger partial charge in [0.25, 0.3) is 0 Å². The van der Waals surface area contributed by atoms with Crippen molar-refractivity contribution in [1.82, 2.24) is 9.97 Å². The van der Waals surface area contributed by atoms with Crippen molar-refractivity contribution in [1.29, 1.82) is 0 Å². The molecule has 0 aromatic carbocycles. The van der Waals surface area contributed by atoms with Crippen LogP contribution >= 0.6 is 11.6 Å². The lowest BCUT2D eigenvalue weighted by Crippen LogP contribution is -2.13. The summed E-state index contributed by atoms with van der Waals surface area (Å²) < 4.78 is 10.8. The summed E-state index contributed by atoms with van der Waals surface area (Å²) in [7, 11) is 0. The molecule has 1 aliphatic rings. The summed E-state index contributed by atoms with van der Waals surface area (Å²) in [6.45, 7) is 4.09. The van der Waals surface area contributed by atoms with Crippen molar-refractivity contribution >= 4 is 11.6 Å². The van der Waals surface area contributed by atoms with Crippen molar-refractivity contribution < 1.29 is 9.47 Å². The van der Waals surface area contributed by atoms with Crippen LogP contribution in [0.2, 0.25) is 5.15 Å². The fourth-order valence-electron chi connectivity index (χ4n) is 1.47. The van der Waals surface area contributed by atoms with E-state index >= 15 is 0 Å². The van der Waals surface area contributed by atoms with Gasteiger partial charge in [0.1, 0.15) is 11.5 Å². The topological polar surface area (TPSA) is 44.2 Å². The quantitative estimate of drug-likeness (QED) is 0.741. The van der Waals surface area contributed by atoms with Gasteiger partial charge in [0, 0.05) is 18.1 Å². The van der Waals surface area contributed by atoms with Gasteiger partial charge in [-0.25, -0.2) is 9.97 Å². The maximum atomic E-state index is 5.85. The lowest BCUT2D eigenvalue weighted by atomic mass is 10.1. The third-order valence-corrected chi connectivity index (χ3v) is 2.84. The molecule has 2 rings (SSSR count). The normalized spacial score (nSPS) is 20.5. The highest BCUT2D eigenvalue weighted by molar-refractivity contribution is 6.30. The lowest BCUT2D eigenvalue weighted by molar-refractivity contribution is 0.165. The van der Waals surface area contributed by atoms with E-state index < -0.39 is 0 Å². The SMILES string of the molecule is Cc1c(Cl)ncnc1OCC1CCOC1. The van der Waals surface area contributed by atoms with E-state index in [0.29, 0.717) is 23.6 Å². The van der Waals surface area contributed by atoms with Gasteiger partial charge in [-0.15, -0.1) is 0 Å². The average molecular weight is 229 g/mol. The van der Waals surface area contributed by atoms with Crippen LogP contribution in [-0.2, 0) is 4.74 Å². The lowest BCUT2D eigenvalue weighted by Gasteiger charge is -2.11. The molecule has 1 unspecified atom stereocenters. The van der Waals surface area contributed by atoms with Crippen LogP contribution in [0.15, 0.2) is 6.33 Å². The molecule has 1 aliphatic heterocycles. The molecule has 1 fully saturated rings. The fraction of sp³-hybridized carbons (Fsp3) is 0.600. The molecular formula is C10H13ClN2O2. The zero-order valence-electron chi connectivity index (χ0n) is 8.57. The molecule has 5 heteroatoms. The molecular weight excluding hydrogens is 216 g/mol. The van der Waals surface area contributed by atoms with Crippen molar-refractivity contribution in [3.63, 3.8) is 0 Å². The third-order valence-electron chi connectivity index (χ3n) is 2.46. The Labute approximate surface area is 93.6 Å². The zero-order valence-corrected chi connectivity index (χ0v) is 9.33. The summed E-state index contributed by atoms with van der Waals surface area (Å²) in [5, 5.41) is 0.447. The number of hydrogen-bond donors (Lipinski definition) is 0. The molecule has 0 bridgehead atoms. The summed E-state index contributed by atoms with van der Waals surface area (Å²) in [5.74, 6) is 1.04. The number of nitrogens with zero attached hydrogens (tertiary/aromatic N) is 2. The van der Waals surface area contributed by atoms with E-state index in [-0.39, 0.29) is 0 Å². The van der Waals surface area contributed by atoms with Gasteiger partial charge in [-0.05, 0) is 13.3 Å². The van der Waals surface area contributed by atoms with Gasteiger partial charge >= 0.3 is 0 Å². The Morgan fingerprint density at radius 1 is 1.60 bits per heavy atom. The molecule has 82 valence electrons. The van der Waals surface area contributed by atoms with Gasteiger partial charge in [0.15, 0.2) is 0 Å². The Morgan fingerprint density at radius 3 is 3.20 bits per heavy atom. The number of halogens is 1. The van der Waals surface area contributed by atoms with Gasteiger partial charge in [-0.1, -0.05) is 11.6 Å². The van der Waals surface area contributed by atoms with E-state index in [1.807, 2.05) is 6.92 Å². The minimum absolute atomic E-state index is 0.447. The van der Waals surface area contributed by atoms with Crippen LogP contribution in [0, 0.1) is 12.8 Å². The summed E-state index contributed by atoms with van der Waals surface area (Å²) in [4.78, 5) is 7.91. The molecule has 0 saturated carbocycles. The smallest absolute Gasteiger partial charge is 0.220 e. The first-order valence-electron chi connectivity index (χ1n) is 4.95. The maximum absolute atomic E-state index is 5.85. The van der Waals surface area contributed by atoms with E-state index in [4.69, 9.17) is 21.1 Å². The van der Waals surface area contributed by atoms with Crippen molar-refractivity contribution in [3.8, 4) is 5.88 Å². The first kappa shape index (κ1) is 10.6. The first-order chi connectivity index (χ1) is 7.27. The van der Waals surface area contributed by atoms with Gasteiger partial charge in [-0.3, -0.25) is 0 Å². The Kier molecular flexibility index (Phi) is 3.38. The average Bonchev–Trinajstić information content (AvgIpc) is 2.73. The molecule has 0 radical (unpaired) electrons. The molecule has 2 heterocycles. The highest BCUT2D eigenvalue weighted by atomic mass is 35.5. The van der Waals surface area contributed by atoms with Crippen LogP contribution in [-0.4, -0.2) is 29.8 Å². The second-order valence-electron chi connectivity index (χ2n) is 3.64. The fourth-order valence-corrected chi connectivity index (χ4v) is 1.60. The Morgan fingerprint density at radius 2 is 2.47 bits per heavy atom. The third kappa shape index (κ3) is 2.58. The van der Waals surface area contributed by atoms with Crippen LogP contribution in [0.4, 0.5) is 0 Å². The molecule has 0 spiro atoms. The molecule has 1 atom stereocenters. The molecule has 1 aromatic heterocycles. The standard InChI is InChI=1S/C10H13ClN2O2/c1-7-9(11)12-6-13-10(7)15-5-8-2-3-14-4-8/h6,8H,2-5H2,1H3. The number of rotatable bonds is 3.